The van der Waals surface area contributed by atoms with Crippen LogP contribution in [-0.2, 0) is 0 Å². The van der Waals surface area contributed by atoms with E-state index in [9.17, 15) is 4.79 Å². The molecule has 1 unspecified atom stereocenters. The number of nitrogens with zero attached hydrogens (tertiary/aromatic N) is 1. The van der Waals surface area contributed by atoms with Crippen LogP contribution in [0.4, 0.5) is 0 Å². The molecule has 0 saturated carbocycles. The Morgan fingerprint density at radius 2 is 2.21 bits per heavy atom. The van der Waals surface area contributed by atoms with E-state index in [4.69, 9.17) is 4.42 Å². The van der Waals surface area contributed by atoms with Crippen LogP contribution in [0.3, 0.4) is 0 Å². The van der Waals surface area contributed by atoms with Gasteiger partial charge in [-0.05, 0) is 37.6 Å². The zero-order valence-electron chi connectivity index (χ0n) is 11.0. The number of hydrogen-bond acceptors (Lipinski definition) is 2. The van der Waals surface area contributed by atoms with E-state index in [1.54, 1.807) is 6.26 Å². The highest BCUT2D eigenvalue weighted by Crippen LogP contribution is 2.28. The second-order valence-corrected chi connectivity index (χ2v) is 5.12. The maximum absolute atomic E-state index is 12.4. The first-order valence-electron chi connectivity index (χ1n) is 6.63. The van der Waals surface area contributed by atoms with Gasteiger partial charge < -0.3 is 9.32 Å². The summed E-state index contributed by atoms with van der Waals surface area (Å²) in [5, 5.41) is 0. The maximum atomic E-state index is 12.4. The SMILES string of the molecule is Cc1cccc(C(=O)N2CCC(c3ccco3)C2)c1. The van der Waals surface area contributed by atoms with Gasteiger partial charge in [-0.15, -0.1) is 0 Å². The topological polar surface area (TPSA) is 33.5 Å². The minimum absolute atomic E-state index is 0.123. The number of furan rings is 1. The van der Waals surface area contributed by atoms with Crippen molar-refractivity contribution in [3.8, 4) is 0 Å². The Kier molecular flexibility index (Phi) is 3.11. The molecule has 3 heteroatoms. The van der Waals surface area contributed by atoms with Crippen molar-refractivity contribution < 1.29 is 9.21 Å². The largest absolute Gasteiger partial charge is 0.469 e. The number of amides is 1. The van der Waals surface area contributed by atoms with Crippen molar-refractivity contribution in [3.05, 3.63) is 59.5 Å². The van der Waals surface area contributed by atoms with Crippen LogP contribution in [0, 0.1) is 6.92 Å². The van der Waals surface area contributed by atoms with E-state index in [-0.39, 0.29) is 5.91 Å². The highest BCUT2D eigenvalue weighted by atomic mass is 16.3. The van der Waals surface area contributed by atoms with Crippen molar-refractivity contribution in [3.63, 3.8) is 0 Å². The lowest BCUT2D eigenvalue weighted by atomic mass is 10.1. The second kappa shape index (κ2) is 4.92. The minimum atomic E-state index is 0.123. The summed E-state index contributed by atoms with van der Waals surface area (Å²) >= 11 is 0. The van der Waals surface area contributed by atoms with Gasteiger partial charge in [0.25, 0.3) is 5.91 Å². The Balaban J connectivity index is 1.73. The Morgan fingerprint density at radius 1 is 1.32 bits per heavy atom. The first-order chi connectivity index (χ1) is 9.24. The number of aryl methyl sites for hydroxylation is 1. The van der Waals surface area contributed by atoms with Gasteiger partial charge in [-0.3, -0.25) is 4.79 Å². The Labute approximate surface area is 112 Å². The van der Waals surface area contributed by atoms with Gasteiger partial charge in [0.05, 0.1) is 6.26 Å². The summed E-state index contributed by atoms with van der Waals surface area (Å²) in [5.41, 5.74) is 1.90. The third-order valence-corrected chi connectivity index (χ3v) is 3.69. The second-order valence-electron chi connectivity index (χ2n) is 5.12. The molecule has 3 rings (SSSR count). The molecule has 1 aromatic heterocycles. The van der Waals surface area contributed by atoms with Crippen LogP contribution < -0.4 is 0 Å². The molecule has 0 radical (unpaired) electrons. The third-order valence-electron chi connectivity index (χ3n) is 3.69. The minimum Gasteiger partial charge on any atom is -0.469 e. The van der Waals surface area contributed by atoms with E-state index in [1.165, 1.54) is 0 Å². The number of carbonyl (C=O) groups is 1. The maximum Gasteiger partial charge on any atom is 0.253 e. The fourth-order valence-corrected chi connectivity index (χ4v) is 2.66. The van der Waals surface area contributed by atoms with Crippen LogP contribution in [0.5, 0.6) is 0 Å². The molecule has 0 bridgehead atoms. The summed E-state index contributed by atoms with van der Waals surface area (Å²) in [7, 11) is 0. The van der Waals surface area contributed by atoms with Gasteiger partial charge in [0.15, 0.2) is 0 Å². The zero-order chi connectivity index (χ0) is 13.2. The smallest absolute Gasteiger partial charge is 0.253 e. The number of hydrogen-bond donors (Lipinski definition) is 0. The molecule has 0 aliphatic carbocycles. The Bertz CT molecular complexity index is 574. The summed E-state index contributed by atoms with van der Waals surface area (Å²) in [6.45, 7) is 3.56. The first kappa shape index (κ1) is 12.0. The molecule has 2 heterocycles. The van der Waals surface area contributed by atoms with Gasteiger partial charge in [0, 0.05) is 24.6 Å². The molecule has 0 spiro atoms. The fourth-order valence-electron chi connectivity index (χ4n) is 2.66. The molecule has 98 valence electrons. The van der Waals surface area contributed by atoms with E-state index in [0.29, 0.717) is 5.92 Å². The van der Waals surface area contributed by atoms with Crippen molar-refractivity contribution in [2.75, 3.05) is 13.1 Å². The van der Waals surface area contributed by atoms with Gasteiger partial charge >= 0.3 is 0 Å². The molecule has 3 nitrogen and oxygen atoms in total. The van der Waals surface area contributed by atoms with Crippen LogP contribution in [0.1, 0.15) is 34.0 Å². The first-order valence-corrected chi connectivity index (χ1v) is 6.63. The molecule has 1 atom stereocenters. The molecule has 1 aliphatic heterocycles. The molecule has 19 heavy (non-hydrogen) atoms. The van der Waals surface area contributed by atoms with Crippen molar-refractivity contribution in [1.82, 2.24) is 4.90 Å². The standard InChI is InChI=1S/C16H17NO2/c1-12-4-2-5-13(10-12)16(18)17-8-7-14(11-17)15-6-3-9-19-15/h2-6,9-10,14H,7-8,11H2,1H3. The van der Waals surface area contributed by atoms with Crippen LogP contribution in [-0.4, -0.2) is 23.9 Å². The number of rotatable bonds is 2. The monoisotopic (exact) mass is 255 g/mol. The van der Waals surface area contributed by atoms with E-state index in [2.05, 4.69) is 0 Å². The van der Waals surface area contributed by atoms with Crippen LogP contribution >= 0.6 is 0 Å². The van der Waals surface area contributed by atoms with Gasteiger partial charge in [-0.25, -0.2) is 0 Å². The van der Waals surface area contributed by atoms with Crippen LogP contribution in [0.15, 0.2) is 47.1 Å². The lowest BCUT2D eigenvalue weighted by Gasteiger charge is -2.16. The average Bonchev–Trinajstić information content (AvgIpc) is 3.08. The predicted molar refractivity (Wildman–Crippen MR) is 73.1 cm³/mol. The van der Waals surface area contributed by atoms with E-state index in [1.807, 2.05) is 48.2 Å². The summed E-state index contributed by atoms with van der Waals surface area (Å²) in [4.78, 5) is 14.3. The molecule has 1 fully saturated rings. The van der Waals surface area contributed by atoms with Crippen molar-refractivity contribution in [1.29, 1.82) is 0 Å². The van der Waals surface area contributed by atoms with E-state index >= 15 is 0 Å². The van der Waals surface area contributed by atoms with E-state index in [0.717, 1.165) is 36.4 Å². The number of carbonyl (C=O) groups excluding carboxylic acids is 1. The molecular formula is C16H17NO2. The molecule has 1 aromatic carbocycles. The van der Waals surface area contributed by atoms with E-state index < -0.39 is 0 Å². The number of benzene rings is 1. The fraction of sp³-hybridized carbons (Fsp3) is 0.312. The zero-order valence-corrected chi connectivity index (χ0v) is 11.0. The highest BCUT2D eigenvalue weighted by Gasteiger charge is 2.29. The third kappa shape index (κ3) is 2.41. The molecule has 1 saturated heterocycles. The Hall–Kier alpha value is -2.03. The van der Waals surface area contributed by atoms with Crippen LogP contribution in [0.25, 0.3) is 0 Å². The molecule has 1 aliphatic rings. The Morgan fingerprint density at radius 3 is 2.95 bits per heavy atom. The molecule has 0 N–H and O–H groups in total. The lowest BCUT2D eigenvalue weighted by Crippen LogP contribution is -2.28. The summed E-state index contributed by atoms with van der Waals surface area (Å²) in [5.74, 6) is 1.45. The van der Waals surface area contributed by atoms with Gasteiger partial charge in [0.2, 0.25) is 0 Å². The van der Waals surface area contributed by atoms with Gasteiger partial charge in [-0.1, -0.05) is 17.7 Å². The summed E-state index contributed by atoms with van der Waals surface area (Å²) in [6.07, 6.45) is 2.67. The number of likely N-dealkylation sites (tertiary alicyclic amines) is 1. The molecular weight excluding hydrogens is 238 g/mol. The molecule has 1 amide bonds. The van der Waals surface area contributed by atoms with Gasteiger partial charge in [-0.2, -0.15) is 0 Å². The van der Waals surface area contributed by atoms with Crippen molar-refractivity contribution in [2.45, 2.75) is 19.3 Å². The molecule has 2 aromatic rings. The lowest BCUT2D eigenvalue weighted by molar-refractivity contribution is 0.0790. The quantitative estimate of drug-likeness (QED) is 0.825. The highest BCUT2D eigenvalue weighted by molar-refractivity contribution is 5.94. The normalized spacial score (nSPS) is 18.8. The summed E-state index contributed by atoms with van der Waals surface area (Å²) in [6, 6.07) is 11.7. The summed E-state index contributed by atoms with van der Waals surface area (Å²) < 4.78 is 5.43. The van der Waals surface area contributed by atoms with Crippen molar-refractivity contribution >= 4 is 5.91 Å². The average molecular weight is 255 g/mol. The van der Waals surface area contributed by atoms with Gasteiger partial charge in [0.1, 0.15) is 5.76 Å². The van der Waals surface area contributed by atoms with Crippen LogP contribution in [0.2, 0.25) is 0 Å². The van der Waals surface area contributed by atoms with Crippen molar-refractivity contribution in [2.24, 2.45) is 0 Å². The predicted octanol–water partition coefficient (Wildman–Crippen LogP) is 3.22.